The lowest BCUT2D eigenvalue weighted by Crippen LogP contribution is -2.45. The van der Waals surface area contributed by atoms with Crippen LogP contribution in [0.5, 0.6) is 0 Å². The third-order valence-corrected chi connectivity index (χ3v) is 4.71. The molecule has 1 aliphatic rings. The van der Waals surface area contributed by atoms with Gasteiger partial charge >= 0.3 is 0 Å². The normalized spacial score (nSPS) is 17.5. The van der Waals surface area contributed by atoms with Crippen LogP contribution in [0, 0.1) is 13.8 Å². The molecule has 0 saturated carbocycles. The van der Waals surface area contributed by atoms with Crippen molar-refractivity contribution < 1.29 is 4.79 Å². The average molecular weight is 368 g/mol. The molecule has 1 unspecified atom stereocenters. The summed E-state index contributed by atoms with van der Waals surface area (Å²) >= 11 is 6.10. The quantitative estimate of drug-likeness (QED) is 0.878. The predicted molar refractivity (Wildman–Crippen MR) is 101 cm³/mol. The Morgan fingerprint density at radius 1 is 1.29 bits per heavy atom. The maximum absolute atomic E-state index is 12.9. The molecule has 0 bridgehead atoms. The third-order valence-electron chi connectivity index (χ3n) is 4.47. The van der Waals surface area contributed by atoms with Gasteiger partial charge in [0.2, 0.25) is 0 Å². The van der Waals surface area contributed by atoms with Crippen LogP contribution >= 0.6 is 24.0 Å². The van der Waals surface area contributed by atoms with Crippen LogP contribution in [-0.4, -0.2) is 34.5 Å². The highest BCUT2D eigenvalue weighted by Gasteiger charge is 2.25. The van der Waals surface area contributed by atoms with Gasteiger partial charge in [0.25, 0.3) is 5.91 Å². The van der Waals surface area contributed by atoms with Crippen molar-refractivity contribution in [2.24, 2.45) is 5.73 Å². The second-order valence-corrected chi connectivity index (χ2v) is 6.69. The summed E-state index contributed by atoms with van der Waals surface area (Å²) in [5, 5.41) is 0.685. The first-order valence-corrected chi connectivity index (χ1v) is 8.35. The highest BCUT2D eigenvalue weighted by Crippen LogP contribution is 2.24. The van der Waals surface area contributed by atoms with Gasteiger partial charge in [0.1, 0.15) is 0 Å². The Balaban J connectivity index is 0.00000208. The summed E-state index contributed by atoms with van der Waals surface area (Å²) in [6.45, 7) is 5.41. The first kappa shape index (κ1) is 18.8. The molecule has 1 aliphatic heterocycles. The monoisotopic (exact) mass is 367 g/mol. The van der Waals surface area contributed by atoms with E-state index in [2.05, 4.69) is 4.57 Å². The van der Waals surface area contributed by atoms with Crippen LogP contribution in [0.15, 0.2) is 30.3 Å². The molecule has 2 heterocycles. The average Bonchev–Trinajstić information content (AvgIpc) is 2.81. The zero-order chi connectivity index (χ0) is 16.6. The van der Waals surface area contributed by atoms with E-state index in [0.29, 0.717) is 11.6 Å². The number of aromatic nitrogens is 1. The fraction of sp³-hybridized carbons (Fsp3) is 0.389. The Morgan fingerprint density at radius 3 is 2.71 bits per heavy atom. The number of hydrogen-bond donors (Lipinski definition) is 1. The zero-order valence-electron chi connectivity index (χ0n) is 14.0. The number of carbonyl (C=O) groups is 1. The van der Waals surface area contributed by atoms with E-state index < -0.39 is 0 Å². The molecular formula is C18H23Cl2N3O. The van der Waals surface area contributed by atoms with Gasteiger partial charge in [0, 0.05) is 41.2 Å². The maximum atomic E-state index is 12.9. The van der Waals surface area contributed by atoms with Gasteiger partial charge in [-0.3, -0.25) is 4.79 Å². The van der Waals surface area contributed by atoms with Crippen molar-refractivity contribution in [1.29, 1.82) is 0 Å². The van der Waals surface area contributed by atoms with Crippen molar-refractivity contribution in [1.82, 2.24) is 9.47 Å². The SMILES string of the molecule is Cc1cc(C(=O)N2CCCC(N)C2)c(C)n1-c1cccc(Cl)c1.Cl. The molecule has 1 atom stereocenters. The second-order valence-electron chi connectivity index (χ2n) is 6.25. The van der Waals surface area contributed by atoms with Crippen LogP contribution in [0.1, 0.15) is 34.6 Å². The Morgan fingerprint density at radius 2 is 2.04 bits per heavy atom. The highest BCUT2D eigenvalue weighted by molar-refractivity contribution is 6.30. The topological polar surface area (TPSA) is 51.3 Å². The molecule has 4 nitrogen and oxygen atoms in total. The molecular weight excluding hydrogens is 345 g/mol. The number of carbonyl (C=O) groups excluding carboxylic acids is 1. The number of piperidine rings is 1. The summed E-state index contributed by atoms with van der Waals surface area (Å²) in [5.41, 5.74) is 9.69. The molecule has 1 saturated heterocycles. The lowest BCUT2D eigenvalue weighted by atomic mass is 10.1. The number of likely N-dealkylation sites (tertiary alicyclic amines) is 1. The van der Waals surface area contributed by atoms with E-state index in [1.807, 2.05) is 49.1 Å². The fourth-order valence-corrected chi connectivity index (χ4v) is 3.54. The third kappa shape index (κ3) is 3.61. The van der Waals surface area contributed by atoms with Crippen LogP contribution in [0.25, 0.3) is 5.69 Å². The molecule has 2 aromatic rings. The van der Waals surface area contributed by atoms with Gasteiger partial charge in [-0.1, -0.05) is 17.7 Å². The van der Waals surface area contributed by atoms with Gasteiger partial charge in [0.15, 0.2) is 0 Å². The van der Waals surface area contributed by atoms with Gasteiger partial charge < -0.3 is 15.2 Å². The number of nitrogens with two attached hydrogens (primary N) is 1. The van der Waals surface area contributed by atoms with E-state index in [-0.39, 0.29) is 24.4 Å². The molecule has 0 radical (unpaired) electrons. The van der Waals surface area contributed by atoms with Crippen molar-refractivity contribution >= 4 is 29.9 Å². The minimum absolute atomic E-state index is 0. The van der Waals surface area contributed by atoms with E-state index in [0.717, 1.165) is 42.0 Å². The number of amides is 1. The molecule has 3 rings (SSSR count). The predicted octanol–water partition coefficient (Wildman–Crippen LogP) is 3.73. The van der Waals surface area contributed by atoms with E-state index in [1.165, 1.54) is 0 Å². The summed E-state index contributed by atoms with van der Waals surface area (Å²) in [4.78, 5) is 14.7. The Bertz CT molecular complexity index is 742. The number of benzene rings is 1. The van der Waals surface area contributed by atoms with Gasteiger partial charge in [-0.05, 0) is 51.0 Å². The fourth-order valence-electron chi connectivity index (χ4n) is 3.36. The number of hydrogen-bond acceptors (Lipinski definition) is 2. The lowest BCUT2D eigenvalue weighted by molar-refractivity contribution is 0.0708. The first-order valence-electron chi connectivity index (χ1n) is 7.97. The minimum atomic E-state index is 0. The second kappa shape index (κ2) is 7.60. The summed E-state index contributed by atoms with van der Waals surface area (Å²) in [7, 11) is 0. The van der Waals surface area contributed by atoms with E-state index in [1.54, 1.807) is 0 Å². The molecule has 0 aliphatic carbocycles. The Labute approximate surface area is 154 Å². The molecule has 24 heavy (non-hydrogen) atoms. The van der Waals surface area contributed by atoms with Crippen LogP contribution in [0.3, 0.4) is 0 Å². The number of aryl methyl sites for hydroxylation is 1. The van der Waals surface area contributed by atoms with Gasteiger partial charge in [-0.25, -0.2) is 0 Å². The lowest BCUT2D eigenvalue weighted by Gasteiger charge is -2.30. The van der Waals surface area contributed by atoms with Crippen molar-refractivity contribution in [2.45, 2.75) is 32.7 Å². The summed E-state index contributed by atoms with van der Waals surface area (Å²) in [6.07, 6.45) is 1.96. The number of nitrogens with zero attached hydrogens (tertiary/aromatic N) is 2. The molecule has 0 spiro atoms. The van der Waals surface area contributed by atoms with Gasteiger partial charge in [-0.2, -0.15) is 0 Å². The van der Waals surface area contributed by atoms with Crippen LogP contribution in [0.4, 0.5) is 0 Å². The Hall–Kier alpha value is -1.49. The molecule has 2 N–H and O–H groups in total. The smallest absolute Gasteiger partial charge is 0.255 e. The van der Waals surface area contributed by atoms with Crippen molar-refractivity contribution in [3.63, 3.8) is 0 Å². The molecule has 130 valence electrons. The summed E-state index contributed by atoms with van der Waals surface area (Å²) < 4.78 is 2.07. The number of halogens is 2. The molecule has 1 amide bonds. The van der Waals surface area contributed by atoms with Crippen molar-refractivity contribution in [3.05, 3.63) is 52.3 Å². The van der Waals surface area contributed by atoms with E-state index in [4.69, 9.17) is 17.3 Å². The van der Waals surface area contributed by atoms with Crippen LogP contribution in [0.2, 0.25) is 5.02 Å². The highest BCUT2D eigenvalue weighted by atomic mass is 35.5. The van der Waals surface area contributed by atoms with Crippen LogP contribution < -0.4 is 5.73 Å². The molecule has 1 aromatic carbocycles. The Kier molecular flexibility index (Phi) is 5.97. The first-order chi connectivity index (χ1) is 11.0. The van der Waals surface area contributed by atoms with Gasteiger partial charge in [-0.15, -0.1) is 12.4 Å². The summed E-state index contributed by atoms with van der Waals surface area (Å²) in [6, 6.07) is 9.72. The minimum Gasteiger partial charge on any atom is -0.337 e. The standard InChI is InChI=1S/C18H22ClN3O.ClH/c1-12-9-17(18(23)21-8-4-6-15(20)11-21)13(2)22(12)16-7-3-5-14(19)10-16;/h3,5,7,9-10,15H,4,6,8,11,20H2,1-2H3;1H. The molecule has 1 fully saturated rings. The molecule has 6 heteroatoms. The maximum Gasteiger partial charge on any atom is 0.255 e. The zero-order valence-corrected chi connectivity index (χ0v) is 15.5. The number of rotatable bonds is 2. The van der Waals surface area contributed by atoms with Crippen molar-refractivity contribution in [3.8, 4) is 5.69 Å². The van der Waals surface area contributed by atoms with Crippen molar-refractivity contribution in [2.75, 3.05) is 13.1 Å². The summed E-state index contributed by atoms with van der Waals surface area (Å²) in [5.74, 6) is 0.0709. The molecule has 1 aromatic heterocycles. The largest absolute Gasteiger partial charge is 0.337 e. The van der Waals surface area contributed by atoms with E-state index in [9.17, 15) is 4.79 Å². The van der Waals surface area contributed by atoms with Crippen LogP contribution in [-0.2, 0) is 0 Å². The van der Waals surface area contributed by atoms with E-state index >= 15 is 0 Å². The van der Waals surface area contributed by atoms with Gasteiger partial charge in [0.05, 0.1) is 5.56 Å².